The van der Waals surface area contributed by atoms with Crippen LogP contribution in [0.15, 0.2) is 0 Å². The van der Waals surface area contributed by atoms with E-state index in [9.17, 15) is 10.2 Å². The van der Waals surface area contributed by atoms with Crippen molar-refractivity contribution in [2.75, 3.05) is 0 Å². The van der Waals surface area contributed by atoms with Crippen LogP contribution >= 0.6 is 0 Å². The molecule has 2 aliphatic carbocycles. The minimum atomic E-state index is -0.128. The molecule has 0 heterocycles. The fourth-order valence-electron chi connectivity index (χ4n) is 3.46. The van der Waals surface area contributed by atoms with E-state index in [1.54, 1.807) is 0 Å². The van der Waals surface area contributed by atoms with E-state index in [0.717, 1.165) is 19.3 Å². The number of hydrogen-bond donors (Lipinski definition) is 2. The van der Waals surface area contributed by atoms with Crippen LogP contribution in [0.3, 0.4) is 0 Å². The Morgan fingerprint density at radius 2 is 1.50 bits per heavy atom. The summed E-state index contributed by atoms with van der Waals surface area (Å²) in [5.74, 6) is 1.86. The van der Waals surface area contributed by atoms with Crippen LogP contribution in [-0.2, 0) is 0 Å². The second kappa shape index (κ2) is 3.82. The highest BCUT2D eigenvalue weighted by Crippen LogP contribution is 2.45. The second-order valence-electron chi connectivity index (χ2n) is 5.38. The Bertz CT molecular complexity index is 182. The quantitative estimate of drug-likeness (QED) is 0.623. The van der Waals surface area contributed by atoms with Crippen LogP contribution in [0.25, 0.3) is 0 Å². The van der Waals surface area contributed by atoms with Gasteiger partial charge in [-0.1, -0.05) is 13.8 Å². The van der Waals surface area contributed by atoms with Crippen LogP contribution < -0.4 is 0 Å². The van der Waals surface area contributed by atoms with Gasteiger partial charge in [-0.05, 0) is 49.4 Å². The van der Waals surface area contributed by atoms with Crippen LogP contribution in [-0.4, -0.2) is 22.4 Å². The van der Waals surface area contributed by atoms with Crippen molar-refractivity contribution in [1.82, 2.24) is 0 Å². The standard InChI is InChI=1S/C12H22O2/c1-7-3-4-9-8(2)11(13)6-5-10(9)12(7)14/h7-14H,3-6H2,1-2H3. The Hall–Kier alpha value is -0.0800. The van der Waals surface area contributed by atoms with Gasteiger partial charge in [-0.25, -0.2) is 0 Å². The van der Waals surface area contributed by atoms with Crippen molar-refractivity contribution in [1.29, 1.82) is 0 Å². The molecule has 0 amide bonds. The zero-order chi connectivity index (χ0) is 10.3. The van der Waals surface area contributed by atoms with Crippen molar-refractivity contribution < 1.29 is 10.2 Å². The molecule has 2 rings (SSSR count). The summed E-state index contributed by atoms with van der Waals surface area (Å²) < 4.78 is 0. The monoisotopic (exact) mass is 198 g/mol. The van der Waals surface area contributed by atoms with Gasteiger partial charge < -0.3 is 10.2 Å². The van der Waals surface area contributed by atoms with Crippen molar-refractivity contribution in [3.05, 3.63) is 0 Å². The Kier molecular flexibility index (Phi) is 2.85. The van der Waals surface area contributed by atoms with E-state index in [1.165, 1.54) is 6.42 Å². The molecular weight excluding hydrogens is 176 g/mol. The Morgan fingerprint density at radius 3 is 2.21 bits per heavy atom. The molecule has 0 spiro atoms. The minimum absolute atomic E-state index is 0.122. The first-order valence-electron chi connectivity index (χ1n) is 5.97. The average Bonchev–Trinajstić information content (AvgIpc) is 2.17. The molecule has 0 aromatic rings. The molecule has 0 aromatic heterocycles. The lowest BCUT2D eigenvalue weighted by Gasteiger charge is -2.47. The summed E-state index contributed by atoms with van der Waals surface area (Å²) in [6.07, 6.45) is 3.97. The molecule has 2 nitrogen and oxygen atoms in total. The predicted octanol–water partition coefficient (Wildman–Crippen LogP) is 1.80. The van der Waals surface area contributed by atoms with Crippen molar-refractivity contribution in [2.45, 2.75) is 51.7 Å². The summed E-state index contributed by atoms with van der Waals surface area (Å²) in [5.41, 5.74) is 0. The second-order valence-corrected chi connectivity index (χ2v) is 5.38. The first-order valence-corrected chi connectivity index (χ1v) is 5.97. The summed E-state index contributed by atoms with van der Waals surface area (Å²) >= 11 is 0. The molecule has 82 valence electrons. The van der Waals surface area contributed by atoms with Crippen LogP contribution in [0.5, 0.6) is 0 Å². The van der Waals surface area contributed by atoms with E-state index < -0.39 is 0 Å². The van der Waals surface area contributed by atoms with E-state index in [-0.39, 0.29) is 12.2 Å². The van der Waals surface area contributed by atoms with Gasteiger partial charge in [-0.3, -0.25) is 0 Å². The largest absolute Gasteiger partial charge is 0.393 e. The van der Waals surface area contributed by atoms with Gasteiger partial charge in [-0.15, -0.1) is 0 Å². The van der Waals surface area contributed by atoms with Gasteiger partial charge >= 0.3 is 0 Å². The molecule has 2 heteroatoms. The topological polar surface area (TPSA) is 40.5 Å². The van der Waals surface area contributed by atoms with Crippen LogP contribution in [0.4, 0.5) is 0 Å². The molecule has 0 aromatic carbocycles. The van der Waals surface area contributed by atoms with Crippen molar-refractivity contribution >= 4 is 0 Å². The van der Waals surface area contributed by atoms with E-state index in [0.29, 0.717) is 23.7 Å². The molecule has 2 aliphatic rings. The van der Waals surface area contributed by atoms with Crippen molar-refractivity contribution in [3.8, 4) is 0 Å². The van der Waals surface area contributed by atoms with Gasteiger partial charge in [0, 0.05) is 0 Å². The molecule has 0 radical (unpaired) electrons. The molecule has 0 saturated heterocycles. The fourth-order valence-corrected chi connectivity index (χ4v) is 3.46. The van der Waals surface area contributed by atoms with E-state index in [4.69, 9.17) is 0 Å². The molecular formula is C12H22O2. The van der Waals surface area contributed by atoms with Gasteiger partial charge in [0.2, 0.25) is 0 Å². The van der Waals surface area contributed by atoms with Crippen LogP contribution in [0.1, 0.15) is 39.5 Å². The highest BCUT2D eigenvalue weighted by Gasteiger charge is 2.43. The smallest absolute Gasteiger partial charge is 0.0596 e. The summed E-state index contributed by atoms with van der Waals surface area (Å²) in [4.78, 5) is 0. The molecule has 2 N–H and O–H groups in total. The van der Waals surface area contributed by atoms with E-state index in [1.807, 2.05) is 0 Å². The molecule has 6 unspecified atom stereocenters. The van der Waals surface area contributed by atoms with Crippen LogP contribution in [0, 0.1) is 23.7 Å². The maximum atomic E-state index is 10.1. The number of fused-ring (bicyclic) bond motifs is 1. The lowest BCUT2D eigenvalue weighted by molar-refractivity contribution is -0.0812. The number of aliphatic hydroxyl groups excluding tert-OH is 2. The molecule has 14 heavy (non-hydrogen) atoms. The molecule has 2 saturated carbocycles. The average molecular weight is 198 g/mol. The van der Waals surface area contributed by atoms with Gasteiger partial charge in [0.05, 0.1) is 12.2 Å². The maximum Gasteiger partial charge on any atom is 0.0596 e. The Labute approximate surface area is 86.3 Å². The number of rotatable bonds is 0. The number of hydrogen-bond acceptors (Lipinski definition) is 2. The van der Waals surface area contributed by atoms with E-state index >= 15 is 0 Å². The summed E-state index contributed by atoms with van der Waals surface area (Å²) in [6.45, 7) is 4.29. The first-order chi connectivity index (χ1) is 6.61. The van der Waals surface area contributed by atoms with Gasteiger partial charge in [0.15, 0.2) is 0 Å². The van der Waals surface area contributed by atoms with E-state index in [2.05, 4.69) is 13.8 Å². The fraction of sp³-hybridized carbons (Fsp3) is 1.00. The van der Waals surface area contributed by atoms with Gasteiger partial charge in [-0.2, -0.15) is 0 Å². The van der Waals surface area contributed by atoms with Gasteiger partial charge in [0.25, 0.3) is 0 Å². The maximum absolute atomic E-state index is 10.1. The van der Waals surface area contributed by atoms with Gasteiger partial charge in [0.1, 0.15) is 0 Å². The summed E-state index contributed by atoms with van der Waals surface area (Å²) in [6, 6.07) is 0. The van der Waals surface area contributed by atoms with Crippen molar-refractivity contribution in [3.63, 3.8) is 0 Å². The Morgan fingerprint density at radius 1 is 0.857 bits per heavy atom. The van der Waals surface area contributed by atoms with Crippen LogP contribution in [0.2, 0.25) is 0 Å². The minimum Gasteiger partial charge on any atom is -0.393 e. The highest BCUT2D eigenvalue weighted by atomic mass is 16.3. The molecule has 0 aliphatic heterocycles. The summed E-state index contributed by atoms with van der Waals surface area (Å²) in [7, 11) is 0. The third-order valence-corrected chi connectivity index (χ3v) is 4.61. The lowest BCUT2D eigenvalue weighted by Crippen LogP contribution is -2.46. The Balaban J connectivity index is 2.10. The zero-order valence-electron chi connectivity index (χ0n) is 9.19. The number of aliphatic hydroxyl groups is 2. The zero-order valence-corrected chi connectivity index (χ0v) is 9.19. The highest BCUT2D eigenvalue weighted by molar-refractivity contribution is 4.93. The van der Waals surface area contributed by atoms with Crippen molar-refractivity contribution in [2.24, 2.45) is 23.7 Å². The SMILES string of the molecule is CC1CCC2C(C)C(O)CCC2C1O. The molecule has 2 fully saturated rings. The molecule has 6 atom stereocenters. The molecule has 0 bridgehead atoms. The third-order valence-electron chi connectivity index (χ3n) is 4.61. The third kappa shape index (κ3) is 1.59. The predicted molar refractivity (Wildman–Crippen MR) is 55.8 cm³/mol. The lowest BCUT2D eigenvalue weighted by atomic mass is 9.61. The summed E-state index contributed by atoms with van der Waals surface area (Å²) in [5, 5.41) is 19.9. The first kappa shape index (κ1) is 10.4. The normalized spacial score (nSPS) is 54.0.